The lowest BCUT2D eigenvalue weighted by Gasteiger charge is -2.42. The van der Waals surface area contributed by atoms with Gasteiger partial charge in [0.15, 0.2) is 17.2 Å². The molecule has 0 atom stereocenters. The predicted octanol–water partition coefficient (Wildman–Crippen LogP) is 8.65. The SMILES string of the molecule is CC(C)[Si](Oc1c2c(c(OC(=O)N3CCNC3=O)c3cccnc13)C(=O)N(Cc1ccc(F)cc1)C2=O)(C(C)C)C(C)C.O=C1NCCN1C(=O)Oc1c2c(c(O)c3ncccc13)C(=O)N(Cc1ccc(F)cc1)C2=O. The fraction of sp³-hybridized carbons (Fsp3) is 0.283. The number of imide groups is 4. The number of urea groups is 2. The summed E-state index contributed by atoms with van der Waals surface area (Å²) in [5.41, 5.74) is 0.801. The maximum absolute atomic E-state index is 14.2. The van der Waals surface area contributed by atoms with Gasteiger partial charge in [0, 0.05) is 36.3 Å². The van der Waals surface area contributed by atoms with Crippen LogP contribution in [0, 0.1) is 11.6 Å². The van der Waals surface area contributed by atoms with E-state index in [9.17, 15) is 52.2 Å². The van der Waals surface area contributed by atoms with Crippen molar-refractivity contribution in [2.45, 2.75) is 71.3 Å². The Kier molecular flexibility index (Phi) is 14.0. The molecular formula is C53H50F2N8O12Si. The number of fused-ring (bicyclic) bond motifs is 4. The molecule has 6 heterocycles. The van der Waals surface area contributed by atoms with Crippen LogP contribution in [-0.2, 0) is 13.1 Å². The maximum atomic E-state index is 14.2. The highest BCUT2D eigenvalue weighted by atomic mass is 28.4. The van der Waals surface area contributed by atoms with Gasteiger partial charge in [-0.15, -0.1) is 0 Å². The van der Waals surface area contributed by atoms with Crippen molar-refractivity contribution in [2.24, 2.45) is 0 Å². The highest BCUT2D eigenvalue weighted by Crippen LogP contribution is 2.50. The number of aromatic hydroxyl groups is 1. The molecule has 23 heteroatoms. The van der Waals surface area contributed by atoms with E-state index in [2.05, 4.69) is 62.1 Å². The third-order valence-corrected chi connectivity index (χ3v) is 19.8. The van der Waals surface area contributed by atoms with Crippen molar-refractivity contribution in [2.75, 3.05) is 26.2 Å². The number of rotatable bonds is 11. The van der Waals surface area contributed by atoms with Crippen molar-refractivity contribution < 1.29 is 66.1 Å². The van der Waals surface area contributed by atoms with E-state index in [1.807, 2.05) is 0 Å². The van der Waals surface area contributed by atoms with E-state index < -0.39 is 73.6 Å². The number of halogens is 2. The number of carbonyl (C=O) groups excluding carboxylic acids is 8. The summed E-state index contributed by atoms with van der Waals surface area (Å²) < 4.78 is 45.1. The van der Waals surface area contributed by atoms with Gasteiger partial charge in [-0.3, -0.25) is 38.9 Å². The summed E-state index contributed by atoms with van der Waals surface area (Å²) in [5.74, 6) is -4.67. The van der Waals surface area contributed by atoms with E-state index in [1.165, 1.54) is 66.9 Å². The second kappa shape index (κ2) is 20.5. The standard InChI is InChI=1S/C31H35FN4O6Si.C22H15FN4O6/c1-17(2)43(18(3)4,19(5)6)42-27-24-23(28(37)36(29(24)38)16-20-9-11-21(32)12-10-20)26(22-8-7-13-33-25(22)27)41-31(40)35-15-14-34-30(35)39;23-12-5-3-11(4-6-12)10-27-19(29)14-15(20(27)30)18(13-2-1-7-24-16(13)17(14)28)33-22(32)26-9-8-25-21(26)31/h7-13,17-19H,14-16H2,1-6H3,(H,34,39);1-7,28H,8-10H2,(H,25,31). The average Bonchev–Trinajstić information content (AvgIpc) is 4.16. The molecule has 0 radical (unpaired) electrons. The normalized spacial score (nSPS) is 15.2. The number of amides is 10. The minimum absolute atomic E-state index is 0.0363. The smallest absolute Gasteiger partial charge is 0.423 e. The minimum atomic E-state index is -2.69. The summed E-state index contributed by atoms with van der Waals surface area (Å²) in [6.07, 6.45) is 0.886. The summed E-state index contributed by atoms with van der Waals surface area (Å²) >= 11 is 0. The van der Waals surface area contributed by atoms with Crippen molar-refractivity contribution >= 4 is 78.0 Å². The molecule has 0 bridgehead atoms. The molecular weight excluding hydrogens is 1010 g/mol. The van der Waals surface area contributed by atoms with Gasteiger partial charge in [-0.2, -0.15) is 0 Å². The summed E-state index contributed by atoms with van der Waals surface area (Å²) in [6, 6.07) is 15.7. The third-order valence-electron chi connectivity index (χ3n) is 13.8. The van der Waals surface area contributed by atoms with Gasteiger partial charge in [-0.05, 0) is 76.3 Å². The van der Waals surface area contributed by atoms with Crippen molar-refractivity contribution in [3.05, 3.63) is 130 Å². The summed E-state index contributed by atoms with van der Waals surface area (Å²) in [7, 11) is -2.69. The number of carbonyl (C=O) groups is 8. The van der Waals surface area contributed by atoms with E-state index >= 15 is 0 Å². The van der Waals surface area contributed by atoms with Crippen LogP contribution in [0.1, 0.15) is 94.1 Å². The number of ether oxygens (including phenoxy) is 2. The van der Waals surface area contributed by atoms with Gasteiger partial charge in [0.05, 0.1) is 31.7 Å². The Morgan fingerprint density at radius 3 is 1.37 bits per heavy atom. The lowest BCUT2D eigenvalue weighted by molar-refractivity contribution is 0.0625. The summed E-state index contributed by atoms with van der Waals surface area (Å²) in [5, 5.41) is 16.2. The Balaban J connectivity index is 0.000000192. The zero-order valence-electron chi connectivity index (χ0n) is 41.9. The summed E-state index contributed by atoms with van der Waals surface area (Å²) in [4.78, 5) is 117. The monoisotopic (exact) mass is 1060 g/mol. The van der Waals surface area contributed by atoms with Crippen LogP contribution in [0.2, 0.25) is 16.6 Å². The number of nitrogens with one attached hydrogen (secondary N) is 2. The van der Waals surface area contributed by atoms with Crippen molar-refractivity contribution in [3.8, 4) is 23.0 Å². The van der Waals surface area contributed by atoms with Crippen LogP contribution in [0.3, 0.4) is 0 Å². The number of phenolic OH excluding ortho intramolecular Hbond substituents is 1. The van der Waals surface area contributed by atoms with E-state index in [4.69, 9.17) is 13.9 Å². The molecule has 76 heavy (non-hydrogen) atoms. The molecule has 2 saturated heterocycles. The topological polar surface area (TPSA) is 247 Å². The van der Waals surface area contributed by atoms with Crippen LogP contribution in [0.4, 0.5) is 28.0 Å². The Morgan fingerprint density at radius 1 is 0.579 bits per heavy atom. The molecule has 2 aromatic heterocycles. The molecule has 6 aromatic rings. The number of nitrogens with zero attached hydrogens (tertiary/aromatic N) is 6. The molecule has 3 N–H and O–H groups in total. The van der Waals surface area contributed by atoms with E-state index in [1.54, 1.807) is 18.3 Å². The molecule has 10 amide bonds. The first-order valence-electron chi connectivity index (χ1n) is 24.3. The molecule has 0 saturated carbocycles. The number of pyridine rings is 2. The Bertz CT molecular complexity index is 3410. The van der Waals surface area contributed by atoms with Gasteiger partial charge < -0.3 is 29.6 Å². The van der Waals surface area contributed by atoms with Crippen molar-refractivity contribution in [1.82, 2.24) is 40.2 Å². The van der Waals surface area contributed by atoms with Gasteiger partial charge in [0.25, 0.3) is 31.9 Å². The van der Waals surface area contributed by atoms with Gasteiger partial charge in [0.1, 0.15) is 45.1 Å². The molecule has 10 rings (SSSR count). The number of hydrogen-bond donors (Lipinski definition) is 3. The number of hydrogen-bond acceptors (Lipinski definition) is 14. The van der Waals surface area contributed by atoms with Crippen LogP contribution in [0.25, 0.3) is 21.8 Å². The lowest BCUT2D eigenvalue weighted by Crippen LogP contribution is -2.51. The molecule has 392 valence electrons. The largest absolute Gasteiger partial charge is 0.541 e. The van der Waals surface area contributed by atoms with Gasteiger partial charge in [-0.1, -0.05) is 65.8 Å². The molecule has 4 aromatic carbocycles. The van der Waals surface area contributed by atoms with Gasteiger partial charge in [0.2, 0.25) is 0 Å². The fourth-order valence-corrected chi connectivity index (χ4v) is 15.6. The van der Waals surface area contributed by atoms with Crippen molar-refractivity contribution in [1.29, 1.82) is 0 Å². The van der Waals surface area contributed by atoms with Crippen LogP contribution in [0.5, 0.6) is 23.0 Å². The number of phenols is 1. The number of aromatic nitrogens is 2. The maximum Gasteiger partial charge on any atom is 0.423 e. The third kappa shape index (κ3) is 9.04. The zero-order valence-corrected chi connectivity index (χ0v) is 42.9. The zero-order chi connectivity index (χ0) is 54.5. The van der Waals surface area contributed by atoms with Crippen LogP contribution in [-0.4, -0.2) is 117 Å². The second-order valence-corrected chi connectivity index (χ2v) is 24.6. The van der Waals surface area contributed by atoms with Crippen LogP contribution < -0.4 is 24.5 Å². The Hall–Kier alpha value is -8.86. The second-order valence-electron chi connectivity index (χ2n) is 19.2. The minimum Gasteiger partial charge on any atom is -0.541 e. The molecule has 4 aliphatic rings. The van der Waals surface area contributed by atoms with Gasteiger partial charge in [-0.25, -0.2) is 37.8 Å². The molecule has 2 fully saturated rings. The molecule has 0 aliphatic carbocycles. The Labute approximate surface area is 433 Å². The van der Waals surface area contributed by atoms with Gasteiger partial charge >= 0.3 is 24.2 Å². The summed E-state index contributed by atoms with van der Waals surface area (Å²) in [6.45, 7) is 12.9. The molecule has 20 nitrogen and oxygen atoms in total. The van der Waals surface area contributed by atoms with Crippen LogP contribution in [0.15, 0.2) is 85.2 Å². The number of benzene rings is 4. The first kappa shape index (κ1) is 52.0. The first-order chi connectivity index (χ1) is 36.2. The molecule has 4 aliphatic heterocycles. The Morgan fingerprint density at radius 2 is 0.961 bits per heavy atom. The quantitative estimate of drug-likeness (QED) is 0.0812. The fourth-order valence-electron chi connectivity index (χ4n) is 10.3. The molecule has 0 unspecified atom stereocenters. The van der Waals surface area contributed by atoms with E-state index in [0.717, 1.165) is 19.6 Å². The first-order valence-corrected chi connectivity index (χ1v) is 26.4. The van der Waals surface area contributed by atoms with E-state index in [-0.39, 0.29) is 112 Å². The van der Waals surface area contributed by atoms with E-state index in [0.29, 0.717) is 16.5 Å². The average molecular weight is 1060 g/mol. The van der Waals surface area contributed by atoms with Crippen LogP contribution >= 0.6 is 0 Å². The highest BCUT2D eigenvalue weighted by molar-refractivity contribution is 6.78. The van der Waals surface area contributed by atoms with Crippen molar-refractivity contribution in [3.63, 3.8) is 0 Å². The lowest BCUT2D eigenvalue weighted by atomic mass is 10.0. The predicted molar refractivity (Wildman–Crippen MR) is 270 cm³/mol. The highest BCUT2D eigenvalue weighted by Gasteiger charge is 2.51. The molecule has 0 spiro atoms.